The lowest BCUT2D eigenvalue weighted by atomic mass is 9.87. The molecule has 0 N–H and O–H groups in total. The number of benzene rings is 1. The quantitative estimate of drug-likeness (QED) is 0.804. The molecule has 1 atom stereocenters. The van der Waals surface area contributed by atoms with Crippen molar-refractivity contribution < 1.29 is 9.59 Å². The van der Waals surface area contributed by atoms with Crippen molar-refractivity contribution in [3.8, 4) is 0 Å². The molecule has 1 unspecified atom stereocenters. The van der Waals surface area contributed by atoms with Crippen molar-refractivity contribution in [3.05, 3.63) is 34.9 Å². The molecule has 0 spiro atoms. The number of ketones is 1. The van der Waals surface area contributed by atoms with E-state index in [9.17, 15) is 9.59 Å². The smallest absolute Gasteiger partial charge is 0.225 e. The van der Waals surface area contributed by atoms with Crippen molar-refractivity contribution in [2.24, 2.45) is 5.92 Å². The lowest BCUT2D eigenvalue weighted by molar-refractivity contribution is -0.137. The molecule has 1 aromatic rings. The van der Waals surface area contributed by atoms with Gasteiger partial charge in [-0.05, 0) is 30.9 Å². The zero-order valence-corrected chi connectivity index (χ0v) is 14.7. The lowest BCUT2D eigenvalue weighted by Gasteiger charge is -2.28. The van der Waals surface area contributed by atoms with E-state index < -0.39 is 0 Å². The Labute approximate surface area is 146 Å². The largest absolute Gasteiger partial charge is 0.342 e. The van der Waals surface area contributed by atoms with Gasteiger partial charge < -0.3 is 4.90 Å². The monoisotopic (exact) mass is 351 g/mol. The fourth-order valence-corrected chi connectivity index (χ4v) is 5.02. The van der Waals surface area contributed by atoms with Crippen LogP contribution < -0.4 is 0 Å². The summed E-state index contributed by atoms with van der Waals surface area (Å²) in [6.45, 7) is 1.58. The Hall–Kier alpha value is -1.00. The Bertz CT molecular complexity index is 582. The standard InChI is InChI=1S/C18H22ClNO2S/c19-16-4-2-1-3-15(16)17-9-10-20(11-12-23-17)18(22)13-5-7-14(21)8-6-13/h1-4,13,17H,5-12H2. The average Bonchev–Trinajstić information content (AvgIpc) is 2.81. The van der Waals surface area contributed by atoms with E-state index in [1.807, 2.05) is 34.9 Å². The molecule has 1 heterocycles. The molecule has 1 aliphatic carbocycles. The van der Waals surface area contributed by atoms with Crippen LogP contribution in [0.15, 0.2) is 24.3 Å². The van der Waals surface area contributed by atoms with E-state index >= 15 is 0 Å². The number of halogens is 1. The summed E-state index contributed by atoms with van der Waals surface area (Å²) >= 11 is 8.21. The minimum atomic E-state index is 0.0505. The highest BCUT2D eigenvalue weighted by Gasteiger charge is 2.30. The predicted octanol–water partition coefficient (Wildman–Crippen LogP) is 4.11. The summed E-state index contributed by atoms with van der Waals surface area (Å²) in [5.74, 6) is 1.54. The molecule has 2 fully saturated rings. The molecule has 1 saturated heterocycles. The number of rotatable bonds is 2. The van der Waals surface area contributed by atoms with Crippen molar-refractivity contribution >= 4 is 35.1 Å². The number of nitrogens with zero attached hydrogens (tertiary/aromatic N) is 1. The number of carbonyl (C=O) groups is 2. The molecule has 0 radical (unpaired) electrons. The molecular weight excluding hydrogens is 330 g/mol. The Kier molecular flexibility index (Phi) is 5.65. The van der Waals surface area contributed by atoms with Crippen LogP contribution in [0.25, 0.3) is 0 Å². The average molecular weight is 352 g/mol. The topological polar surface area (TPSA) is 37.4 Å². The molecule has 23 heavy (non-hydrogen) atoms. The van der Waals surface area contributed by atoms with Crippen molar-refractivity contribution in [2.45, 2.75) is 37.4 Å². The molecule has 3 nitrogen and oxygen atoms in total. The molecule has 5 heteroatoms. The van der Waals surface area contributed by atoms with Gasteiger partial charge in [-0.25, -0.2) is 0 Å². The van der Waals surface area contributed by atoms with Gasteiger partial charge in [0.1, 0.15) is 5.78 Å². The third-order valence-corrected chi connectivity index (χ3v) is 6.45. The second-order valence-corrected chi connectivity index (χ2v) is 8.03. The Morgan fingerprint density at radius 1 is 1.13 bits per heavy atom. The van der Waals surface area contributed by atoms with E-state index in [2.05, 4.69) is 6.07 Å². The summed E-state index contributed by atoms with van der Waals surface area (Å²) in [5.41, 5.74) is 1.18. The Morgan fingerprint density at radius 2 is 1.87 bits per heavy atom. The van der Waals surface area contributed by atoms with Gasteiger partial charge in [0, 0.05) is 47.9 Å². The van der Waals surface area contributed by atoms with Gasteiger partial charge in [-0.2, -0.15) is 11.8 Å². The third-order valence-electron chi connectivity index (χ3n) is 4.80. The maximum atomic E-state index is 12.7. The molecule has 0 aromatic heterocycles. The minimum absolute atomic E-state index is 0.0505. The first-order chi connectivity index (χ1) is 11.1. The van der Waals surface area contributed by atoms with Gasteiger partial charge in [-0.15, -0.1) is 0 Å². The van der Waals surface area contributed by atoms with Gasteiger partial charge in [0.2, 0.25) is 5.91 Å². The summed E-state index contributed by atoms with van der Waals surface area (Å²) in [6, 6.07) is 8.00. The number of carbonyl (C=O) groups excluding carboxylic acids is 2. The maximum absolute atomic E-state index is 12.7. The highest BCUT2D eigenvalue weighted by atomic mass is 35.5. The van der Waals surface area contributed by atoms with Crippen LogP contribution in [0.1, 0.15) is 42.9 Å². The zero-order valence-electron chi connectivity index (χ0n) is 13.2. The summed E-state index contributed by atoms with van der Waals surface area (Å²) < 4.78 is 0. The first-order valence-electron chi connectivity index (χ1n) is 8.31. The van der Waals surface area contributed by atoms with Crippen LogP contribution in [0.2, 0.25) is 5.02 Å². The number of amides is 1. The number of hydrogen-bond donors (Lipinski definition) is 0. The summed E-state index contributed by atoms with van der Waals surface area (Å²) in [5, 5.41) is 1.17. The third kappa shape index (κ3) is 4.10. The molecular formula is C18H22ClNO2S. The highest BCUT2D eigenvalue weighted by Crippen LogP contribution is 2.38. The van der Waals surface area contributed by atoms with Crippen LogP contribution in [-0.4, -0.2) is 35.4 Å². The number of hydrogen-bond acceptors (Lipinski definition) is 3. The van der Waals surface area contributed by atoms with Gasteiger partial charge in [0.15, 0.2) is 0 Å². The van der Waals surface area contributed by atoms with Gasteiger partial charge in [-0.1, -0.05) is 29.8 Å². The van der Waals surface area contributed by atoms with Gasteiger partial charge in [0.05, 0.1) is 0 Å². The van der Waals surface area contributed by atoms with Crippen LogP contribution in [0.3, 0.4) is 0 Å². The van der Waals surface area contributed by atoms with Crippen molar-refractivity contribution in [1.29, 1.82) is 0 Å². The van der Waals surface area contributed by atoms with Crippen molar-refractivity contribution in [1.82, 2.24) is 4.90 Å². The highest BCUT2D eigenvalue weighted by molar-refractivity contribution is 7.99. The maximum Gasteiger partial charge on any atom is 0.225 e. The van der Waals surface area contributed by atoms with Crippen LogP contribution in [0, 0.1) is 5.92 Å². The van der Waals surface area contributed by atoms with Crippen LogP contribution in [0.5, 0.6) is 0 Å². The molecule has 2 aliphatic rings. The second-order valence-electron chi connectivity index (χ2n) is 6.31. The molecule has 1 aliphatic heterocycles. The minimum Gasteiger partial charge on any atom is -0.342 e. The summed E-state index contributed by atoms with van der Waals surface area (Å²) in [7, 11) is 0. The van der Waals surface area contributed by atoms with E-state index in [0.717, 1.165) is 43.1 Å². The molecule has 124 valence electrons. The van der Waals surface area contributed by atoms with E-state index in [4.69, 9.17) is 11.6 Å². The van der Waals surface area contributed by atoms with E-state index in [-0.39, 0.29) is 11.8 Å². The first-order valence-corrected chi connectivity index (χ1v) is 9.74. The lowest BCUT2D eigenvalue weighted by Crippen LogP contribution is -2.39. The molecule has 3 rings (SSSR count). The number of Topliss-reactive ketones (excluding diaryl/α,β-unsaturated/α-hetero) is 1. The molecule has 1 aromatic carbocycles. The fourth-order valence-electron chi connectivity index (χ4n) is 3.42. The SMILES string of the molecule is O=C1CCC(C(=O)N2CCSC(c3ccccc3Cl)CC2)CC1. The normalized spacial score (nSPS) is 23.6. The van der Waals surface area contributed by atoms with Crippen molar-refractivity contribution in [3.63, 3.8) is 0 Å². The van der Waals surface area contributed by atoms with Crippen molar-refractivity contribution in [2.75, 3.05) is 18.8 Å². The van der Waals surface area contributed by atoms with E-state index in [0.29, 0.717) is 23.9 Å². The summed E-state index contributed by atoms with van der Waals surface area (Å²) in [4.78, 5) is 26.1. The van der Waals surface area contributed by atoms with Crippen LogP contribution >= 0.6 is 23.4 Å². The van der Waals surface area contributed by atoms with Gasteiger partial charge >= 0.3 is 0 Å². The van der Waals surface area contributed by atoms with E-state index in [1.165, 1.54) is 5.56 Å². The zero-order chi connectivity index (χ0) is 16.2. The fraction of sp³-hybridized carbons (Fsp3) is 0.556. The number of thioether (sulfide) groups is 1. The molecule has 1 amide bonds. The summed E-state index contributed by atoms with van der Waals surface area (Å²) in [6.07, 6.45) is 3.54. The van der Waals surface area contributed by atoms with Gasteiger partial charge in [-0.3, -0.25) is 9.59 Å². The van der Waals surface area contributed by atoms with E-state index in [1.54, 1.807) is 0 Å². The Morgan fingerprint density at radius 3 is 2.61 bits per heavy atom. The van der Waals surface area contributed by atoms with Gasteiger partial charge in [0.25, 0.3) is 0 Å². The predicted molar refractivity (Wildman–Crippen MR) is 94.8 cm³/mol. The Balaban J connectivity index is 1.61. The van der Waals surface area contributed by atoms with Crippen LogP contribution in [-0.2, 0) is 9.59 Å². The second kappa shape index (κ2) is 7.71. The molecule has 1 saturated carbocycles. The first kappa shape index (κ1) is 16.8. The molecule has 0 bridgehead atoms. The van der Waals surface area contributed by atoms with Crippen LogP contribution in [0.4, 0.5) is 0 Å².